The quantitative estimate of drug-likeness (QED) is 0.767. The maximum Gasteiger partial charge on any atom is 0.125 e. The average molecular weight is 206 g/mol. The summed E-state index contributed by atoms with van der Waals surface area (Å²) in [6, 6.07) is 7.56. The van der Waals surface area contributed by atoms with Gasteiger partial charge in [0.05, 0.1) is 6.10 Å². The number of para-hydroxylation sites is 1. The van der Waals surface area contributed by atoms with Gasteiger partial charge in [-0.25, -0.2) is 0 Å². The first-order chi connectivity index (χ1) is 7.11. The number of allylic oxidation sites excluding steroid dienone is 1. The smallest absolute Gasteiger partial charge is 0.125 e. The Morgan fingerprint density at radius 1 is 1.40 bits per heavy atom. The Balaban J connectivity index is 2.72. The predicted molar refractivity (Wildman–Crippen MR) is 62.0 cm³/mol. The third-order valence-corrected chi connectivity index (χ3v) is 2.10. The highest BCUT2D eigenvalue weighted by atomic mass is 16.5. The van der Waals surface area contributed by atoms with Crippen LogP contribution in [0.15, 0.2) is 35.9 Å². The lowest BCUT2D eigenvalue weighted by Gasteiger charge is -2.11. The highest BCUT2D eigenvalue weighted by molar-refractivity contribution is 5.34. The molecule has 0 heterocycles. The Bertz CT molecular complexity index is 336. The summed E-state index contributed by atoms with van der Waals surface area (Å²) in [4.78, 5) is 0. The molecule has 0 unspecified atom stereocenters. The van der Waals surface area contributed by atoms with Gasteiger partial charge in [-0.3, -0.25) is 0 Å². The predicted octanol–water partition coefficient (Wildman–Crippen LogP) is 3.08. The summed E-state index contributed by atoms with van der Waals surface area (Å²) in [5.41, 5.74) is 2.06. The molecule has 1 aromatic rings. The van der Waals surface area contributed by atoms with Crippen molar-refractivity contribution in [3.8, 4) is 5.75 Å². The average Bonchev–Trinajstić information content (AvgIpc) is 2.17. The minimum absolute atomic E-state index is 0.493. The van der Waals surface area contributed by atoms with Gasteiger partial charge in [0.25, 0.3) is 0 Å². The standard InChI is InChI=1S/C13H18O2/c1-10(2)8-9-15-13-7-5-4-6-12(13)11(3)14/h4-8,11,14H,9H2,1-3H3/t11-/m1/s1. The van der Waals surface area contributed by atoms with Gasteiger partial charge in [0, 0.05) is 5.56 Å². The molecular weight excluding hydrogens is 188 g/mol. The first-order valence-corrected chi connectivity index (χ1v) is 5.14. The molecule has 0 aromatic heterocycles. The second kappa shape index (κ2) is 5.56. The minimum Gasteiger partial charge on any atom is -0.489 e. The second-order valence-corrected chi connectivity index (χ2v) is 3.81. The van der Waals surface area contributed by atoms with E-state index in [9.17, 15) is 5.11 Å². The van der Waals surface area contributed by atoms with Crippen molar-refractivity contribution < 1.29 is 9.84 Å². The van der Waals surface area contributed by atoms with Crippen LogP contribution in [0.1, 0.15) is 32.4 Å². The van der Waals surface area contributed by atoms with E-state index >= 15 is 0 Å². The lowest BCUT2D eigenvalue weighted by atomic mass is 10.1. The van der Waals surface area contributed by atoms with Crippen molar-refractivity contribution in [2.45, 2.75) is 26.9 Å². The number of aliphatic hydroxyl groups excluding tert-OH is 1. The molecule has 1 N–H and O–H groups in total. The van der Waals surface area contributed by atoms with Crippen LogP contribution in [-0.2, 0) is 0 Å². The van der Waals surface area contributed by atoms with Crippen molar-refractivity contribution in [1.82, 2.24) is 0 Å². The normalized spacial score (nSPS) is 12.0. The van der Waals surface area contributed by atoms with Crippen LogP contribution < -0.4 is 4.74 Å². The zero-order valence-electron chi connectivity index (χ0n) is 9.53. The molecular formula is C13H18O2. The van der Waals surface area contributed by atoms with Crippen LogP contribution in [0.3, 0.4) is 0 Å². The molecule has 0 spiro atoms. The molecule has 0 fully saturated rings. The second-order valence-electron chi connectivity index (χ2n) is 3.81. The molecule has 0 saturated carbocycles. The fourth-order valence-electron chi connectivity index (χ4n) is 1.26. The monoisotopic (exact) mass is 206 g/mol. The van der Waals surface area contributed by atoms with Gasteiger partial charge in [0.15, 0.2) is 0 Å². The fourth-order valence-corrected chi connectivity index (χ4v) is 1.26. The lowest BCUT2D eigenvalue weighted by Crippen LogP contribution is -2.00. The maximum absolute atomic E-state index is 9.52. The highest BCUT2D eigenvalue weighted by Crippen LogP contribution is 2.24. The lowest BCUT2D eigenvalue weighted by molar-refractivity contribution is 0.193. The molecule has 2 heteroatoms. The zero-order chi connectivity index (χ0) is 11.3. The van der Waals surface area contributed by atoms with Crippen LogP contribution in [0.2, 0.25) is 0 Å². The summed E-state index contributed by atoms with van der Waals surface area (Å²) in [7, 11) is 0. The topological polar surface area (TPSA) is 29.5 Å². The molecule has 82 valence electrons. The van der Waals surface area contributed by atoms with E-state index in [-0.39, 0.29) is 0 Å². The van der Waals surface area contributed by atoms with Gasteiger partial charge < -0.3 is 9.84 Å². The fraction of sp³-hybridized carbons (Fsp3) is 0.385. The van der Waals surface area contributed by atoms with Gasteiger partial charge in [-0.15, -0.1) is 0 Å². The van der Waals surface area contributed by atoms with Gasteiger partial charge in [-0.1, -0.05) is 23.8 Å². The van der Waals surface area contributed by atoms with E-state index < -0.39 is 6.10 Å². The number of hydrogen-bond donors (Lipinski definition) is 1. The molecule has 1 rings (SSSR count). The highest BCUT2D eigenvalue weighted by Gasteiger charge is 2.06. The van der Waals surface area contributed by atoms with Crippen molar-refractivity contribution in [1.29, 1.82) is 0 Å². The van der Waals surface area contributed by atoms with E-state index in [1.807, 2.05) is 44.2 Å². The number of aliphatic hydroxyl groups is 1. The molecule has 0 bridgehead atoms. The molecule has 0 aliphatic heterocycles. The van der Waals surface area contributed by atoms with E-state index in [1.54, 1.807) is 6.92 Å². The van der Waals surface area contributed by atoms with Gasteiger partial charge in [0.2, 0.25) is 0 Å². The van der Waals surface area contributed by atoms with Crippen LogP contribution in [0.5, 0.6) is 5.75 Å². The Hall–Kier alpha value is -1.28. The summed E-state index contributed by atoms with van der Waals surface area (Å²) in [5.74, 6) is 0.755. The molecule has 1 aromatic carbocycles. The van der Waals surface area contributed by atoms with E-state index in [4.69, 9.17) is 4.74 Å². The number of hydrogen-bond acceptors (Lipinski definition) is 2. The molecule has 2 nitrogen and oxygen atoms in total. The van der Waals surface area contributed by atoms with Crippen LogP contribution >= 0.6 is 0 Å². The Morgan fingerprint density at radius 3 is 2.67 bits per heavy atom. The van der Waals surface area contributed by atoms with Crippen LogP contribution in [0, 0.1) is 0 Å². The van der Waals surface area contributed by atoms with Gasteiger partial charge in [0.1, 0.15) is 12.4 Å². The van der Waals surface area contributed by atoms with Crippen LogP contribution in [0.25, 0.3) is 0 Å². The summed E-state index contributed by atoms with van der Waals surface area (Å²) in [6.07, 6.45) is 1.52. The van der Waals surface area contributed by atoms with Gasteiger partial charge >= 0.3 is 0 Å². The summed E-state index contributed by atoms with van der Waals surface area (Å²) in [5, 5.41) is 9.52. The Morgan fingerprint density at radius 2 is 2.07 bits per heavy atom. The van der Waals surface area contributed by atoms with Gasteiger partial charge in [-0.2, -0.15) is 0 Å². The maximum atomic E-state index is 9.52. The van der Waals surface area contributed by atoms with Crippen molar-refractivity contribution in [2.75, 3.05) is 6.61 Å². The first-order valence-electron chi connectivity index (χ1n) is 5.14. The largest absolute Gasteiger partial charge is 0.489 e. The van der Waals surface area contributed by atoms with E-state index in [1.165, 1.54) is 5.57 Å². The van der Waals surface area contributed by atoms with Crippen molar-refractivity contribution in [2.24, 2.45) is 0 Å². The van der Waals surface area contributed by atoms with Gasteiger partial charge in [-0.05, 0) is 32.9 Å². The van der Waals surface area contributed by atoms with Crippen LogP contribution in [0.4, 0.5) is 0 Å². The molecule has 0 radical (unpaired) electrons. The first kappa shape index (κ1) is 11.8. The summed E-state index contributed by atoms with van der Waals surface area (Å²) in [6.45, 7) is 6.35. The molecule has 1 atom stereocenters. The number of ether oxygens (including phenoxy) is 1. The van der Waals surface area contributed by atoms with E-state index in [0.29, 0.717) is 6.61 Å². The van der Waals surface area contributed by atoms with Crippen molar-refractivity contribution >= 4 is 0 Å². The van der Waals surface area contributed by atoms with E-state index in [0.717, 1.165) is 11.3 Å². The molecule has 0 aliphatic carbocycles. The molecule has 0 amide bonds. The number of benzene rings is 1. The number of rotatable bonds is 4. The minimum atomic E-state index is -0.493. The van der Waals surface area contributed by atoms with E-state index in [2.05, 4.69) is 0 Å². The summed E-state index contributed by atoms with van der Waals surface area (Å²) < 4.78 is 5.57. The Kier molecular flexibility index (Phi) is 4.37. The third-order valence-electron chi connectivity index (χ3n) is 2.10. The van der Waals surface area contributed by atoms with Crippen molar-refractivity contribution in [3.05, 3.63) is 41.5 Å². The zero-order valence-corrected chi connectivity index (χ0v) is 9.53. The molecule has 0 saturated heterocycles. The Labute approximate surface area is 91.2 Å². The molecule has 0 aliphatic rings. The van der Waals surface area contributed by atoms with Crippen molar-refractivity contribution in [3.63, 3.8) is 0 Å². The summed E-state index contributed by atoms with van der Waals surface area (Å²) >= 11 is 0. The SMILES string of the molecule is CC(C)=CCOc1ccccc1[C@@H](C)O. The third kappa shape index (κ3) is 3.76. The molecule has 15 heavy (non-hydrogen) atoms. The van der Waals surface area contributed by atoms with Crippen LogP contribution in [-0.4, -0.2) is 11.7 Å².